The van der Waals surface area contributed by atoms with Crippen molar-refractivity contribution in [3.8, 4) is 17.2 Å². The van der Waals surface area contributed by atoms with E-state index in [1.54, 1.807) is 12.1 Å². The van der Waals surface area contributed by atoms with Crippen molar-refractivity contribution in [1.29, 1.82) is 0 Å². The minimum absolute atomic E-state index is 0.200. The highest BCUT2D eigenvalue weighted by atomic mass is 32.1. The summed E-state index contributed by atoms with van der Waals surface area (Å²) in [7, 11) is 4.53. The molecule has 0 aliphatic rings. The largest absolute Gasteiger partial charge is 0.493 e. The van der Waals surface area contributed by atoms with Crippen molar-refractivity contribution in [3.05, 3.63) is 42.1 Å². The van der Waals surface area contributed by atoms with E-state index in [4.69, 9.17) is 14.2 Å². The number of fused-ring (bicyclic) bond motifs is 2. The summed E-state index contributed by atoms with van der Waals surface area (Å²) in [6, 6.07) is 11.0. The Bertz CT molecular complexity index is 1250. The SMILES string of the molecule is COc1cc2cc(C(=O)NCC(=O)Nc3nc4ccccc4s3)[nH]c2c(OC)c1OC. The van der Waals surface area contributed by atoms with Gasteiger partial charge in [0.25, 0.3) is 5.91 Å². The molecule has 9 nitrogen and oxygen atoms in total. The number of H-pyrrole nitrogens is 1. The molecule has 0 atom stereocenters. The van der Waals surface area contributed by atoms with Crippen molar-refractivity contribution in [3.63, 3.8) is 0 Å². The number of carbonyl (C=O) groups excluding carboxylic acids is 2. The van der Waals surface area contributed by atoms with Crippen molar-refractivity contribution >= 4 is 49.4 Å². The second-order valence-corrected chi connectivity index (χ2v) is 7.54. The molecule has 0 saturated carbocycles. The fourth-order valence-corrected chi connectivity index (χ4v) is 4.09. The summed E-state index contributed by atoms with van der Waals surface area (Å²) in [6.07, 6.45) is 0. The fourth-order valence-electron chi connectivity index (χ4n) is 3.21. The summed E-state index contributed by atoms with van der Waals surface area (Å²) in [4.78, 5) is 32.2. The summed E-state index contributed by atoms with van der Waals surface area (Å²) in [6.45, 7) is -0.200. The van der Waals surface area contributed by atoms with Gasteiger partial charge in [-0.1, -0.05) is 23.5 Å². The van der Waals surface area contributed by atoms with Crippen molar-refractivity contribution in [2.45, 2.75) is 0 Å². The molecule has 0 aliphatic carbocycles. The van der Waals surface area contributed by atoms with Crippen LogP contribution in [0.1, 0.15) is 10.5 Å². The number of nitrogens with zero attached hydrogens (tertiary/aromatic N) is 1. The number of rotatable bonds is 7. The molecule has 0 bridgehead atoms. The predicted octanol–water partition coefficient (Wildman–Crippen LogP) is 3.17. The van der Waals surface area contributed by atoms with Gasteiger partial charge < -0.3 is 29.8 Å². The molecule has 10 heteroatoms. The Balaban J connectivity index is 1.47. The minimum Gasteiger partial charge on any atom is -0.493 e. The van der Waals surface area contributed by atoms with Gasteiger partial charge in [-0.3, -0.25) is 9.59 Å². The van der Waals surface area contributed by atoms with Crippen LogP contribution in [0.4, 0.5) is 5.13 Å². The number of ether oxygens (including phenoxy) is 3. The number of anilines is 1. The zero-order valence-electron chi connectivity index (χ0n) is 17.1. The first-order valence-corrected chi connectivity index (χ1v) is 10.1. The molecule has 4 aromatic rings. The van der Waals surface area contributed by atoms with Crippen LogP contribution >= 0.6 is 11.3 Å². The number of aromatic nitrogens is 2. The average Bonchev–Trinajstić information content (AvgIpc) is 3.39. The van der Waals surface area contributed by atoms with E-state index in [1.807, 2.05) is 24.3 Å². The Kier molecular flexibility index (Phi) is 5.63. The quantitative estimate of drug-likeness (QED) is 0.407. The Morgan fingerprint density at radius 3 is 2.55 bits per heavy atom. The zero-order valence-corrected chi connectivity index (χ0v) is 17.9. The number of aromatic amines is 1. The van der Waals surface area contributed by atoms with Crippen LogP contribution in [0.2, 0.25) is 0 Å². The van der Waals surface area contributed by atoms with Gasteiger partial charge in [0.1, 0.15) is 5.69 Å². The lowest BCUT2D eigenvalue weighted by Crippen LogP contribution is -2.33. The molecular weight excluding hydrogens is 420 g/mol. The maximum atomic E-state index is 12.6. The van der Waals surface area contributed by atoms with Crippen LogP contribution in [-0.4, -0.2) is 49.7 Å². The van der Waals surface area contributed by atoms with Crippen molar-refractivity contribution in [2.75, 3.05) is 33.2 Å². The summed E-state index contributed by atoms with van der Waals surface area (Å²) >= 11 is 1.37. The summed E-state index contributed by atoms with van der Waals surface area (Å²) < 4.78 is 17.1. The van der Waals surface area contributed by atoms with Gasteiger partial charge in [0, 0.05) is 5.39 Å². The standard InChI is InChI=1S/C21H20N4O5S/c1-28-14-9-11-8-13(23-17(11)19(30-3)18(14)29-2)20(27)22-10-16(26)25-21-24-12-6-4-5-7-15(12)31-21/h4-9,23H,10H2,1-3H3,(H,22,27)(H,24,25,26). The molecule has 0 unspecified atom stereocenters. The Labute approximate surface area is 181 Å². The molecule has 3 N–H and O–H groups in total. The van der Waals surface area contributed by atoms with Gasteiger partial charge in [-0.05, 0) is 24.3 Å². The van der Waals surface area contributed by atoms with Gasteiger partial charge in [0.05, 0.1) is 43.6 Å². The van der Waals surface area contributed by atoms with Crippen molar-refractivity contribution in [1.82, 2.24) is 15.3 Å². The molecular formula is C21H20N4O5S. The van der Waals surface area contributed by atoms with E-state index in [0.717, 1.165) is 10.2 Å². The third-order valence-electron chi connectivity index (χ3n) is 4.61. The Hall–Kier alpha value is -3.79. The third-order valence-corrected chi connectivity index (χ3v) is 5.57. The van der Waals surface area contributed by atoms with Gasteiger partial charge >= 0.3 is 0 Å². The van der Waals surface area contributed by atoms with Crippen LogP contribution in [0.15, 0.2) is 36.4 Å². The number of methoxy groups -OCH3 is 3. The maximum absolute atomic E-state index is 12.6. The van der Waals surface area contributed by atoms with E-state index in [-0.39, 0.29) is 18.1 Å². The molecule has 0 aliphatic heterocycles. The van der Waals surface area contributed by atoms with Gasteiger partial charge in [0.2, 0.25) is 11.7 Å². The first-order valence-electron chi connectivity index (χ1n) is 9.29. The molecule has 2 heterocycles. The average molecular weight is 440 g/mol. The first kappa shape index (κ1) is 20.5. The van der Waals surface area contributed by atoms with Crippen LogP contribution in [0.3, 0.4) is 0 Å². The molecule has 2 aromatic carbocycles. The second kappa shape index (κ2) is 8.52. The number of hydrogen-bond donors (Lipinski definition) is 3. The zero-order chi connectivity index (χ0) is 22.0. The van der Waals surface area contributed by atoms with E-state index in [2.05, 4.69) is 20.6 Å². The number of nitrogens with one attached hydrogen (secondary N) is 3. The van der Waals surface area contributed by atoms with Gasteiger partial charge in [0.15, 0.2) is 16.6 Å². The van der Waals surface area contributed by atoms with E-state index < -0.39 is 5.91 Å². The maximum Gasteiger partial charge on any atom is 0.268 e. The van der Waals surface area contributed by atoms with E-state index in [1.165, 1.54) is 32.7 Å². The van der Waals surface area contributed by atoms with Crippen LogP contribution in [-0.2, 0) is 4.79 Å². The van der Waals surface area contributed by atoms with E-state index in [9.17, 15) is 9.59 Å². The van der Waals surface area contributed by atoms with Crippen LogP contribution < -0.4 is 24.8 Å². The normalized spacial score (nSPS) is 10.8. The van der Waals surface area contributed by atoms with Crippen LogP contribution in [0, 0.1) is 0 Å². The van der Waals surface area contributed by atoms with Gasteiger partial charge in [-0.2, -0.15) is 0 Å². The lowest BCUT2D eigenvalue weighted by Gasteiger charge is -2.12. The molecule has 0 radical (unpaired) electrons. The lowest BCUT2D eigenvalue weighted by atomic mass is 10.2. The number of hydrogen-bond acceptors (Lipinski definition) is 7. The number of carbonyl (C=O) groups is 2. The monoisotopic (exact) mass is 440 g/mol. The van der Waals surface area contributed by atoms with E-state index in [0.29, 0.717) is 33.3 Å². The first-order chi connectivity index (χ1) is 15.0. The second-order valence-electron chi connectivity index (χ2n) is 6.51. The Morgan fingerprint density at radius 2 is 1.84 bits per heavy atom. The fraction of sp³-hybridized carbons (Fsp3) is 0.190. The van der Waals surface area contributed by atoms with Gasteiger partial charge in [-0.15, -0.1) is 0 Å². The van der Waals surface area contributed by atoms with Crippen LogP contribution in [0.25, 0.3) is 21.1 Å². The number of benzene rings is 2. The van der Waals surface area contributed by atoms with Crippen molar-refractivity contribution in [2.24, 2.45) is 0 Å². The van der Waals surface area contributed by atoms with Crippen molar-refractivity contribution < 1.29 is 23.8 Å². The molecule has 0 saturated heterocycles. The molecule has 31 heavy (non-hydrogen) atoms. The smallest absolute Gasteiger partial charge is 0.268 e. The molecule has 2 amide bonds. The summed E-state index contributed by atoms with van der Waals surface area (Å²) in [5.41, 5.74) is 1.67. The number of amides is 2. The lowest BCUT2D eigenvalue weighted by molar-refractivity contribution is -0.115. The Morgan fingerprint density at radius 1 is 1.06 bits per heavy atom. The highest BCUT2D eigenvalue weighted by molar-refractivity contribution is 7.22. The summed E-state index contributed by atoms with van der Waals surface area (Å²) in [5.74, 6) is 0.513. The minimum atomic E-state index is -0.435. The molecule has 160 valence electrons. The summed E-state index contributed by atoms with van der Waals surface area (Å²) in [5, 5.41) is 6.49. The number of para-hydroxylation sites is 1. The highest BCUT2D eigenvalue weighted by Crippen LogP contribution is 2.43. The van der Waals surface area contributed by atoms with E-state index >= 15 is 0 Å². The highest BCUT2D eigenvalue weighted by Gasteiger charge is 2.20. The molecule has 0 fully saturated rings. The van der Waals surface area contributed by atoms with Gasteiger partial charge in [-0.25, -0.2) is 4.98 Å². The topological polar surface area (TPSA) is 115 Å². The molecule has 4 rings (SSSR count). The predicted molar refractivity (Wildman–Crippen MR) is 119 cm³/mol. The molecule has 0 spiro atoms. The third kappa shape index (κ3) is 3.97. The number of thiazole rings is 1. The molecule has 2 aromatic heterocycles. The van der Waals surface area contributed by atoms with Crippen LogP contribution in [0.5, 0.6) is 17.2 Å².